The molecule has 8 bridgehead atoms. The molecule has 0 N–H and O–H groups in total. The Morgan fingerprint density at radius 3 is 1.44 bits per heavy atom. The lowest BCUT2D eigenvalue weighted by molar-refractivity contribution is 0.107. The third-order valence-electron chi connectivity index (χ3n) is 5.97. The average Bonchev–Trinajstić information content (AvgIpc) is 3.36. The van der Waals surface area contributed by atoms with Gasteiger partial charge in [0, 0.05) is 33.9 Å². The van der Waals surface area contributed by atoms with Crippen LogP contribution >= 0.6 is 0 Å². The van der Waals surface area contributed by atoms with Crippen molar-refractivity contribution >= 4 is 44.1 Å². The van der Waals surface area contributed by atoms with Gasteiger partial charge in [0.15, 0.2) is 0 Å². The second-order valence-corrected chi connectivity index (χ2v) is 8.24. The van der Waals surface area contributed by atoms with E-state index in [9.17, 15) is 0 Å². The Labute approximate surface area is 182 Å². The molecule has 0 radical (unpaired) electrons. The zero-order chi connectivity index (χ0) is 21.1. The molecule has 156 valence electrons. The molecule has 1 aliphatic rings. The number of hydrogen-bond donors (Lipinski definition) is 0. The van der Waals surface area contributed by atoms with Gasteiger partial charge in [-0.25, -0.2) is 9.97 Å². The number of fused-ring (bicyclic) bond motifs is 4. The third kappa shape index (κ3) is 2.88. The molecule has 6 heteroatoms. The predicted molar refractivity (Wildman–Crippen MR) is 120 cm³/mol. The summed E-state index contributed by atoms with van der Waals surface area (Å²) in [4.78, 5) is 9.00. The quantitative estimate of drug-likeness (QED) is 0.298. The summed E-state index contributed by atoms with van der Waals surface area (Å²) in [5, 5.41) is 4.05. The summed E-state index contributed by atoms with van der Waals surface area (Å²) in [6.45, 7) is 1.92. The van der Waals surface area contributed by atoms with Gasteiger partial charge in [0.25, 0.3) is 0 Å². The first-order valence-electron chi connectivity index (χ1n) is 10.6. The molecule has 0 amide bonds. The van der Waals surface area contributed by atoms with Crippen LogP contribution in [0.15, 0.2) is 69.8 Å². The minimum atomic E-state index is 0.451. The molecule has 5 heterocycles. The van der Waals surface area contributed by atoms with Gasteiger partial charge in [0.1, 0.15) is 11.2 Å². The van der Waals surface area contributed by atoms with E-state index in [1.54, 1.807) is 12.4 Å². The summed E-state index contributed by atoms with van der Waals surface area (Å²) in [7, 11) is 0. The van der Waals surface area contributed by atoms with E-state index < -0.39 is 0 Å². The standard InChI is InChI=1S/C26H18N2O4/c1-3-23-19-5-15(1)11-29-12-16-2-4-24-20(6-16)22-8-18(10-28-26(22)32-24)14-30-13-17-7-21(19)25(31-23)27-9-17/h1-10H,11-14H2. The number of pyridine rings is 2. The van der Waals surface area contributed by atoms with Crippen molar-refractivity contribution in [2.75, 3.05) is 0 Å². The Morgan fingerprint density at radius 1 is 0.500 bits per heavy atom. The van der Waals surface area contributed by atoms with Crippen LogP contribution in [0.3, 0.4) is 0 Å². The monoisotopic (exact) mass is 422 g/mol. The Bertz CT molecular complexity index is 1410. The molecule has 0 saturated heterocycles. The summed E-state index contributed by atoms with van der Waals surface area (Å²) < 4.78 is 23.9. The summed E-state index contributed by atoms with van der Waals surface area (Å²) in [6.07, 6.45) is 3.61. The van der Waals surface area contributed by atoms with Crippen LogP contribution in [-0.2, 0) is 35.9 Å². The van der Waals surface area contributed by atoms with Gasteiger partial charge in [-0.05, 0) is 58.7 Å². The first-order chi connectivity index (χ1) is 15.8. The fourth-order valence-electron chi connectivity index (χ4n) is 4.41. The highest BCUT2D eigenvalue weighted by atomic mass is 16.5. The van der Waals surface area contributed by atoms with Crippen molar-refractivity contribution < 1.29 is 18.3 Å². The summed E-state index contributed by atoms with van der Waals surface area (Å²) in [5.74, 6) is 0. The van der Waals surface area contributed by atoms with Crippen LogP contribution in [0.2, 0.25) is 0 Å². The average molecular weight is 422 g/mol. The summed E-state index contributed by atoms with van der Waals surface area (Å²) in [5.41, 5.74) is 7.07. The van der Waals surface area contributed by atoms with Gasteiger partial charge in [0.2, 0.25) is 11.4 Å². The van der Waals surface area contributed by atoms with Gasteiger partial charge in [-0.1, -0.05) is 12.1 Å². The molecule has 32 heavy (non-hydrogen) atoms. The highest BCUT2D eigenvalue weighted by Crippen LogP contribution is 2.31. The Balaban J connectivity index is 1.35. The lowest BCUT2D eigenvalue weighted by atomic mass is 10.1. The fourth-order valence-corrected chi connectivity index (χ4v) is 4.41. The van der Waals surface area contributed by atoms with Crippen LogP contribution in [0.25, 0.3) is 44.1 Å². The molecular formula is C26H18N2O4. The molecule has 7 rings (SSSR count). The molecule has 0 saturated carbocycles. The van der Waals surface area contributed by atoms with Crippen LogP contribution in [0.4, 0.5) is 0 Å². The lowest BCUT2D eigenvalue weighted by Crippen LogP contribution is -1.96. The van der Waals surface area contributed by atoms with Gasteiger partial charge in [0.05, 0.1) is 26.4 Å². The van der Waals surface area contributed by atoms with Crippen molar-refractivity contribution in [2.24, 2.45) is 0 Å². The number of benzene rings is 2. The maximum atomic E-state index is 6.05. The summed E-state index contributed by atoms with van der Waals surface area (Å²) >= 11 is 0. The smallest absolute Gasteiger partial charge is 0.227 e. The van der Waals surface area contributed by atoms with Crippen molar-refractivity contribution in [3.63, 3.8) is 0 Å². The lowest BCUT2D eigenvalue weighted by Gasteiger charge is -2.06. The fraction of sp³-hybridized carbons (Fsp3) is 0.154. The molecule has 0 atom stereocenters. The van der Waals surface area contributed by atoms with E-state index in [4.69, 9.17) is 18.3 Å². The van der Waals surface area contributed by atoms with Crippen LogP contribution in [0.5, 0.6) is 0 Å². The molecule has 2 aromatic carbocycles. The van der Waals surface area contributed by atoms with Crippen molar-refractivity contribution in [1.82, 2.24) is 9.97 Å². The van der Waals surface area contributed by atoms with E-state index in [2.05, 4.69) is 34.2 Å². The molecule has 1 aliphatic heterocycles. The van der Waals surface area contributed by atoms with E-state index in [1.165, 1.54) is 0 Å². The largest absolute Gasteiger partial charge is 0.438 e. The minimum Gasteiger partial charge on any atom is -0.438 e. The number of aromatic nitrogens is 2. The number of rotatable bonds is 0. The van der Waals surface area contributed by atoms with E-state index in [-0.39, 0.29) is 0 Å². The van der Waals surface area contributed by atoms with Crippen molar-refractivity contribution in [1.29, 1.82) is 0 Å². The molecule has 6 nitrogen and oxygen atoms in total. The van der Waals surface area contributed by atoms with Gasteiger partial charge in [-0.3, -0.25) is 0 Å². The Kier molecular flexibility index (Phi) is 3.85. The van der Waals surface area contributed by atoms with E-state index in [1.807, 2.05) is 24.3 Å². The van der Waals surface area contributed by atoms with Crippen LogP contribution in [0, 0.1) is 0 Å². The normalized spacial score (nSPS) is 14.8. The molecule has 0 fully saturated rings. The third-order valence-corrected chi connectivity index (χ3v) is 5.97. The highest BCUT2D eigenvalue weighted by Gasteiger charge is 2.13. The SMILES string of the molecule is c1cc2oc3ncc4cc3c2cc1COCc1ccc2oc3ncc(cc3c2c1)COC4. The first kappa shape index (κ1) is 17.9. The zero-order valence-electron chi connectivity index (χ0n) is 17.1. The molecular weight excluding hydrogens is 404 g/mol. The summed E-state index contributed by atoms with van der Waals surface area (Å²) in [6, 6.07) is 16.5. The topological polar surface area (TPSA) is 70.5 Å². The van der Waals surface area contributed by atoms with Crippen LogP contribution in [0.1, 0.15) is 22.3 Å². The molecule has 4 aromatic heterocycles. The van der Waals surface area contributed by atoms with Gasteiger partial charge in [-0.2, -0.15) is 0 Å². The van der Waals surface area contributed by atoms with Crippen LogP contribution in [-0.4, -0.2) is 9.97 Å². The second kappa shape index (κ2) is 6.88. The van der Waals surface area contributed by atoms with Gasteiger partial charge >= 0.3 is 0 Å². The second-order valence-electron chi connectivity index (χ2n) is 8.24. The van der Waals surface area contributed by atoms with Crippen LogP contribution < -0.4 is 0 Å². The van der Waals surface area contributed by atoms with E-state index >= 15 is 0 Å². The van der Waals surface area contributed by atoms with Crippen molar-refractivity contribution in [3.8, 4) is 0 Å². The number of ether oxygens (including phenoxy) is 2. The predicted octanol–water partition coefficient (Wildman–Crippen LogP) is 6.02. The first-order valence-corrected chi connectivity index (χ1v) is 10.6. The van der Waals surface area contributed by atoms with E-state index in [0.717, 1.165) is 55.0 Å². The van der Waals surface area contributed by atoms with Crippen molar-refractivity contribution in [2.45, 2.75) is 26.4 Å². The minimum absolute atomic E-state index is 0.451. The Hall–Kier alpha value is -3.74. The number of hydrogen-bond acceptors (Lipinski definition) is 6. The molecule has 0 unspecified atom stereocenters. The maximum absolute atomic E-state index is 6.05. The van der Waals surface area contributed by atoms with Gasteiger partial charge < -0.3 is 18.3 Å². The number of furan rings is 2. The maximum Gasteiger partial charge on any atom is 0.227 e. The molecule has 6 aromatic rings. The number of nitrogens with zero attached hydrogens (tertiary/aromatic N) is 2. The van der Waals surface area contributed by atoms with E-state index in [0.29, 0.717) is 37.9 Å². The zero-order valence-corrected chi connectivity index (χ0v) is 17.1. The highest BCUT2D eigenvalue weighted by molar-refractivity contribution is 6.04. The Morgan fingerprint density at radius 2 is 0.938 bits per heavy atom. The van der Waals surface area contributed by atoms with Gasteiger partial charge in [-0.15, -0.1) is 0 Å². The molecule has 0 aliphatic carbocycles. The molecule has 0 spiro atoms. The van der Waals surface area contributed by atoms with Crippen molar-refractivity contribution in [3.05, 3.63) is 83.2 Å².